The monoisotopic (exact) mass is 229 g/mol. The van der Waals surface area contributed by atoms with Crippen molar-refractivity contribution in [2.45, 2.75) is 51.7 Å². The van der Waals surface area contributed by atoms with Gasteiger partial charge >= 0.3 is 12.1 Å². The van der Waals surface area contributed by atoms with Crippen LogP contribution in [0.5, 0.6) is 0 Å². The van der Waals surface area contributed by atoms with Crippen LogP contribution in [0.15, 0.2) is 0 Å². The van der Waals surface area contributed by atoms with Gasteiger partial charge in [-0.25, -0.2) is 9.59 Å². The fourth-order valence-electron chi connectivity index (χ4n) is 1.78. The highest BCUT2D eigenvalue weighted by Gasteiger charge is 2.34. The van der Waals surface area contributed by atoms with Gasteiger partial charge < -0.3 is 9.84 Å². The van der Waals surface area contributed by atoms with E-state index in [0.717, 1.165) is 12.8 Å². The van der Waals surface area contributed by atoms with Crippen LogP contribution < -0.4 is 0 Å². The van der Waals surface area contributed by atoms with Crippen LogP contribution in [0.25, 0.3) is 0 Å². The number of likely N-dealkylation sites (tertiary alicyclic amines) is 1. The normalized spacial score (nSPS) is 21.7. The Balaban J connectivity index is 2.68. The molecule has 1 aliphatic heterocycles. The van der Waals surface area contributed by atoms with Crippen LogP contribution in [0.4, 0.5) is 4.79 Å². The Kier molecular flexibility index (Phi) is 3.78. The van der Waals surface area contributed by atoms with E-state index in [0.29, 0.717) is 13.0 Å². The van der Waals surface area contributed by atoms with E-state index in [1.807, 2.05) is 0 Å². The van der Waals surface area contributed by atoms with Crippen molar-refractivity contribution in [2.75, 3.05) is 6.54 Å². The molecular formula is C11H19NO4. The minimum atomic E-state index is -1.05. The Bertz CT molecular complexity index is 282. The Morgan fingerprint density at radius 3 is 2.44 bits per heavy atom. The number of hydrogen-bond donors (Lipinski definition) is 1. The first kappa shape index (κ1) is 12.8. The fraction of sp³-hybridized carbons (Fsp3) is 0.818. The molecule has 0 aromatic rings. The number of rotatable bonds is 1. The van der Waals surface area contributed by atoms with Crippen molar-refractivity contribution in [1.29, 1.82) is 0 Å². The van der Waals surface area contributed by atoms with Crippen LogP contribution in [-0.4, -0.2) is 40.3 Å². The predicted octanol–water partition coefficient (Wildman–Crippen LogP) is 1.86. The van der Waals surface area contributed by atoms with Gasteiger partial charge in [-0.1, -0.05) is 0 Å². The standard InChI is InChI=1S/C11H19NO4/c1-11(2,3)16-9(13)8-6-4-5-7-12(8)10(14)15/h8H,4-7H2,1-3H3,(H,14,15)/t8-/m0/s1. The molecule has 5 heteroatoms. The lowest BCUT2D eigenvalue weighted by molar-refractivity contribution is -0.161. The molecule has 0 bridgehead atoms. The summed E-state index contributed by atoms with van der Waals surface area (Å²) in [5.74, 6) is -0.436. The van der Waals surface area contributed by atoms with E-state index < -0.39 is 23.7 Å². The molecule has 1 aliphatic rings. The highest BCUT2D eigenvalue weighted by Crippen LogP contribution is 2.20. The first-order valence-corrected chi connectivity index (χ1v) is 5.54. The summed E-state index contributed by atoms with van der Waals surface area (Å²) in [7, 11) is 0. The zero-order valence-corrected chi connectivity index (χ0v) is 10.0. The molecule has 1 amide bonds. The third-order valence-corrected chi connectivity index (χ3v) is 2.43. The number of ether oxygens (including phenoxy) is 1. The molecule has 0 aromatic heterocycles. The van der Waals surface area contributed by atoms with Gasteiger partial charge in [0.2, 0.25) is 0 Å². The molecule has 0 aromatic carbocycles. The van der Waals surface area contributed by atoms with Gasteiger partial charge in [-0.05, 0) is 40.0 Å². The molecule has 1 fully saturated rings. The number of esters is 1. The van der Waals surface area contributed by atoms with Crippen molar-refractivity contribution < 1.29 is 19.4 Å². The molecule has 1 N–H and O–H groups in total. The van der Waals surface area contributed by atoms with Gasteiger partial charge in [0.15, 0.2) is 0 Å². The zero-order chi connectivity index (χ0) is 12.3. The second-order valence-electron chi connectivity index (χ2n) is 5.02. The van der Waals surface area contributed by atoms with Crippen LogP contribution in [0, 0.1) is 0 Å². The quantitative estimate of drug-likeness (QED) is 0.697. The number of hydrogen-bond acceptors (Lipinski definition) is 3. The summed E-state index contributed by atoms with van der Waals surface area (Å²) in [4.78, 5) is 23.9. The highest BCUT2D eigenvalue weighted by atomic mass is 16.6. The number of carbonyl (C=O) groups is 2. The Morgan fingerprint density at radius 2 is 1.94 bits per heavy atom. The third-order valence-electron chi connectivity index (χ3n) is 2.43. The zero-order valence-electron chi connectivity index (χ0n) is 10.0. The van der Waals surface area contributed by atoms with Crippen LogP contribution in [0.2, 0.25) is 0 Å². The number of amides is 1. The van der Waals surface area contributed by atoms with Gasteiger partial charge in [0.25, 0.3) is 0 Å². The van der Waals surface area contributed by atoms with Crippen LogP contribution in [-0.2, 0) is 9.53 Å². The molecule has 92 valence electrons. The van der Waals surface area contributed by atoms with E-state index in [-0.39, 0.29) is 0 Å². The molecule has 1 atom stereocenters. The number of carbonyl (C=O) groups excluding carboxylic acids is 1. The molecule has 5 nitrogen and oxygen atoms in total. The van der Waals surface area contributed by atoms with Crippen molar-refractivity contribution in [3.05, 3.63) is 0 Å². The lowest BCUT2D eigenvalue weighted by Gasteiger charge is -2.33. The van der Waals surface area contributed by atoms with E-state index in [1.54, 1.807) is 20.8 Å². The third kappa shape index (κ3) is 3.40. The van der Waals surface area contributed by atoms with E-state index in [1.165, 1.54) is 4.90 Å². The molecule has 1 heterocycles. The van der Waals surface area contributed by atoms with Gasteiger partial charge in [0.05, 0.1) is 0 Å². The smallest absolute Gasteiger partial charge is 0.408 e. The van der Waals surface area contributed by atoms with Gasteiger partial charge in [-0.2, -0.15) is 0 Å². The maximum atomic E-state index is 11.8. The van der Waals surface area contributed by atoms with Crippen molar-refractivity contribution >= 4 is 12.1 Å². The molecule has 0 radical (unpaired) electrons. The lowest BCUT2D eigenvalue weighted by Crippen LogP contribution is -2.49. The second kappa shape index (κ2) is 4.72. The molecule has 0 saturated carbocycles. The number of nitrogens with zero attached hydrogens (tertiary/aromatic N) is 1. The first-order valence-electron chi connectivity index (χ1n) is 5.54. The van der Waals surface area contributed by atoms with Gasteiger partial charge in [-0.15, -0.1) is 0 Å². The lowest BCUT2D eigenvalue weighted by atomic mass is 10.0. The fourth-order valence-corrected chi connectivity index (χ4v) is 1.78. The summed E-state index contributed by atoms with van der Waals surface area (Å²) in [6.45, 7) is 5.75. The number of carboxylic acid groups (broad SMARTS) is 1. The number of piperidine rings is 1. The first-order chi connectivity index (χ1) is 7.31. The summed E-state index contributed by atoms with van der Waals surface area (Å²) in [5.41, 5.74) is -0.571. The van der Waals surface area contributed by atoms with Gasteiger partial charge in [0, 0.05) is 6.54 Å². The van der Waals surface area contributed by atoms with E-state index in [4.69, 9.17) is 9.84 Å². The minimum absolute atomic E-state index is 0.416. The largest absolute Gasteiger partial charge is 0.465 e. The minimum Gasteiger partial charge on any atom is -0.465 e. The van der Waals surface area contributed by atoms with Gasteiger partial charge in [0.1, 0.15) is 11.6 Å². The maximum Gasteiger partial charge on any atom is 0.408 e. The van der Waals surface area contributed by atoms with E-state index in [2.05, 4.69) is 0 Å². The molecular weight excluding hydrogens is 210 g/mol. The van der Waals surface area contributed by atoms with Crippen molar-refractivity contribution in [2.24, 2.45) is 0 Å². The Labute approximate surface area is 95.4 Å². The molecule has 0 aliphatic carbocycles. The van der Waals surface area contributed by atoms with Crippen molar-refractivity contribution in [3.63, 3.8) is 0 Å². The van der Waals surface area contributed by atoms with Crippen LogP contribution >= 0.6 is 0 Å². The van der Waals surface area contributed by atoms with Crippen LogP contribution in [0.1, 0.15) is 40.0 Å². The molecule has 0 unspecified atom stereocenters. The van der Waals surface area contributed by atoms with Crippen molar-refractivity contribution in [3.8, 4) is 0 Å². The van der Waals surface area contributed by atoms with E-state index in [9.17, 15) is 9.59 Å². The van der Waals surface area contributed by atoms with Gasteiger partial charge in [-0.3, -0.25) is 4.90 Å². The summed E-state index contributed by atoms with van der Waals surface area (Å²) in [6, 6.07) is -0.634. The summed E-state index contributed by atoms with van der Waals surface area (Å²) < 4.78 is 5.21. The highest BCUT2D eigenvalue weighted by molar-refractivity contribution is 5.81. The summed E-state index contributed by atoms with van der Waals surface area (Å²) in [5, 5.41) is 8.97. The molecule has 16 heavy (non-hydrogen) atoms. The topological polar surface area (TPSA) is 66.8 Å². The second-order valence-corrected chi connectivity index (χ2v) is 5.02. The molecule has 1 saturated heterocycles. The maximum absolute atomic E-state index is 11.8. The predicted molar refractivity (Wildman–Crippen MR) is 58.2 cm³/mol. The molecule has 0 spiro atoms. The average Bonchev–Trinajstić information content (AvgIpc) is 2.15. The Hall–Kier alpha value is -1.26. The molecule has 1 rings (SSSR count). The SMILES string of the molecule is CC(C)(C)OC(=O)[C@@H]1CCCCN1C(=O)O. The van der Waals surface area contributed by atoms with E-state index >= 15 is 0 Å². The summed E-state index contributed by atoms with van der Waals surface area (Å²) in [6.07, 6.45) is 1.19. The Morgan fingerprint density at radius 1 is 1.31 bits per heavy atom. The summed E-state index contributed by atoms with van der Waals surface area (Å²) >= 11 is 0. The van der Waals surface area contributed by atoms with Crippen molar-refractivity contribution in [1.82, 2.24) is 4.90 Å². The average molecular weight is 229 g/mol. The van der Waals surface area contributed by atoms with Crippen LogP contribution in [0.3, 0.4) is 0 Å².